The van der Waals surface area contributed by atoms with Crippen LogP contribution < -0.4 is 14.7 Å². The van der Waals surface area contributed by atoms with Gasteiger partial charge >= 0.3 is 0 Å². The number of nitrogens with zero attached hydrogens (tertiary/aromatic N) is 4. The number of hydrogen-bond acceptors (Lipinski definition) is 6. The third kappa shape index (κ3) is 5.26. The number of carbonyl (C=O) groups is 3. The largest absolute Gasteiger partial charge is 0.395 e. The van der Waals surface area contributed by atoms with Gasteiger partial charge in [0.1, 0.15) is 11.6 Å². The number of hydrogen-bond donors (Lipinski definition) is 1. The van der Waals surface area contributed by atoms with Gasteiger partial charge in [0.2, 0.25) is 11.8 Å². The predicted octanol–water partition coefficient (Wildman–Crippen LogP) is 4.01. The van der Waals surface area contributed by atoms with Crippen LogP contribution in [-0.2, 0) is 19.1 Å². The van der Waals surface area contributed by atoms with E-state index in [-0.39, 0.29) is 48.8 Å². The van der Waals surface area contributed by atoms with E-state index in [1.807, 2.05) is 54.6 Å². The molecule has 3 heterocycles. The summed E-state index contributed by atoms with van der Waals surface area (Å²) < 4.78 is 6.67. The first-order valence-corrected chi connectivity index (χ1v) is 16.2. The van der Waals surface area contributed by atoms with Gasteiger partial charge in [-0.15, -0.1) is 13.2 Å². The van der Waals surface area contributed by atoms with Gasteiger partial charge in [-0.3, -0.25) is 14.4 Å². The second-order valence-corrected chi connectivity index (χ2v) is 12.6. The standard InChI is InChI=1S/C34H41BrN4O5/c1-5-18-37(24-12-10-9-11-13-24)31(41)27-28-32(42)39(20-21-40)30(34(28)22-26(35)29(27)44-34)33(43)38(19-6-2)25-16-14-23(15-17-25)36(7-3)8-4/h5-6,9-17,26-30,40H,1-2,7-8,18-22H2,3-4H3/t26?,27-,28+,29-,30?,34?/m1/s1. The van der Waals surface area contributed by atoms with E-state index >= 15 is 0 Å². The molecule has 44 heavy (non-hydrogen) atoms. The number of para-hydroxylation sites is 1. The van der Waals surface area contributed by atoms with Crippen molar-refractivity contribution in [2.24, 2.45) is 11.8 Å². The molecule has 2 aromatic rings. The Bertz CT molecular complexity index is 1380. The zero-order valence-electron chi connectivity index (χ0n) is 25.3. The van der Waals surface area contributed by atoms with Gasteiger partial charge in [-0.05, 0) is 56.7 Å². The second-order valence-electron chi connectivity index (χ2n) is 11.4. The van der Waals surface area contributed by atoms with Crippen molar-refractivity contribution in [1.82, 2.24) is 4.90 Å². The highest BCUT2D eigenvalue weighted by molar-refractivity contribution is 9.09. The number of aliphatic hydroxyl groups excluding tert-OH is 1. The number of ether oxygens (including phenoxy) is 1. The Morgan fingerprint density at radius 3 is 2.11 bits per heavy atom. The average Bonchev–Trinajstić information content (AvgIpc) is 3.63. The number of aliphatic hydroxyl groups is 1. The first-order valence-electron chi connectivity index (χ1n) is 15.3. The average molecular weight is 666 g/mol. The highest BCUT2D eigenvalue weighted by Gasteiger charge is 2.77. The van der Waals surface area contributed by atoms with Gasteiger partial charge in [0, 0.05) is 54.6 Å². The van der Waals surface area contributed by atoms with Crippen molar-refractivity contribution >= 4 is 50.7 Å². The Hall–Kier alpha value is -3.47. The molecule has 2 bridgehead atoms. The number of benzene rings is 2. The summed E-state index contributed by atoms with van der Waals surface area (Å²) in [5.74, 6) is -2.62. The monoisotopic (exact) mass is 664 g/mol. The molecule has 3 amide bonds. The summed E-state index contributed by atoms with van der Waals surface area (Å²) in [6, 6.07) is 16.0. The minimum Gasteiger partial charge on any atom is -0.395 e. The van der Waals surface area contributed by atoms with E-state index in [0.717, 1.165) is 18.8 Å². The van der Waals surface area contributed by atoms with Crippen LogP contribution in [0.25, 0.3) is 0 Å². The maximum Gasteiger partial charge on any atom is 0.253 e. The molecule has 5 rings (SSSR count). The third-order valence-corrected chi connectivity index (χ3v) is 10.0. The molecule has 2 aromatic carbocycles. The van der Waals surface area contributed by atoms with Crippen molar-refractivity contribution in [3.63, 3.8) is 0 Å². The number of amides is 3. The van der Waals surface area contributed by atoms with Crippen LogP contribution in [0.15, 0.2) is 79.9 Å². The molecule has 10 heteroatoms. The van der Waals surface area contributed by atoms with Crippen LogP contribution in [0.1, 0.15) is 20.3 Å². The molecular formula is C34H41BrN4O5. The van der Waals surface area contributed by atoms with E-state index in [9.17, 15) is 19.5 Å². The smallest absolute Gasteiger partial charge is 0.253 e. The van der Waals surface area contributed by atoms with Gasteiger partial charge in [0.15, 0.2) is 0 Å². The number of alkyl halides is 1. The van der Waals surface area contributed by atoms with Crippen LogP contribution in [0.4, 0.5) is 17.1 Å². The van der Waals surface area contributed by atoms with Gasteiger partial charge in [-0.1, -0.05) is 46.3 Å². The van der Waals surface area contributed by atoms with Gasteiger partial charge in [0.25, 0.3) is 5.91 Å². The predicted molar refractivity (Wildman–Crippen MR) is 176 cm³/mol. The zero-order valence-corrected chi connectivity index (χ0v) is 26.9. The lowest BCUT2D eigenvalue weighted by molar-refractivity contribution is -0.141. The SMILES string of the molecule is C=CCN(C(=O)C1N(CCO)C(=O)[C@@H]2[C@@H](C(=O)N(CC=C)c3ccccc3)[C@@H]3OC12CC3Br)c1ccc(N(CC)CC)cc1. The van der Waals surface area contributed by atoms with E-state index in [2.05, 4.69) is 47.8 Å². The number of carbonyl (C=O) groups excluding carboxylic acids is 3. The van der Waals surface area contributed by atoms with E-state index in [1.165, 1.54) is 4.90 Å². The summed E-state index contributed by atoms with van der Waals surface area (Å²) in [6.45, 7) is 13.7. The van der Waals surface area contributed by atoms with Crippen molar-refractivity contribution in [2.75, 3.05) is 54.0 Å². The number of anilines is 3. The van der Waals surface area contributed by atoms with Crippen LogP contribution >= 0.6 is 15.9 Å². The Kier molecular flexibility index (Phi) is 9.62. The van der Waals surface area contributed by atoms with Crippen molar-refractivity contribution < 1.29 is 24.2 Å². The van der Waals surface area contributed by atoms with E-state index in [4.69, 9.17) is 4.74 Å². The molecule has 3 aliphatic heterocycles. The first-order chi connectivity index (χ1) is 21.3. The highest BCUT2D eigenvalue weighted by Crippen LogP contribution is 2.60. The summed E-state index contributed by atoms with van der Waals surface area (Å²) in [7, 11) is 0. The molecule has 3 aliphatic rings. The molecule has 6 atom stereocenters. The third-order valence-electron chi connectivity index (χ3n) is 9.16. The molecular weight excluding hydrogens is 624 g/mol. The Morgan fingerprint density at radius 2 is 1.55 bits per heavy atom. The Balaban J connectivity index is 1.54. The normalized spacial score (nSPS) is 26.8. The molecule has 234 valence electrons. The van der Waals surface area contributed by atoms with Gasteiger partial charge in [0.05, 0.1) is 24.5 Å². The lowest BCUT2D eigenvalue weighted by Crippen LogP contribution is -2.57. The van der Waals surface area contributed by atoms with E-state index < -0.39 is 29.6 Å². The lowest BCUT2D eigenvalue weighted by atomic mass is 9.70. The number of rotatable bonds is 13. The lowest BCUT2D eigenvalue weighted by Gasteiger charge is -2.37. The first kappa shape index (κ1) is 31.9. The van der Waals surface area contributed by atoms with Crippen molar-refractivity contribution in [3.8, 4) is 0 Å². The number of β-amino-alcohol motifs (C(OH)–C–C–N with tert-alkyl or cyclic N) is 1. The topological polar surface area (TPSA) is 93.6 Å². The molecule has 9 nitrogen and oxygen atoms in total. The van der Waals surface area contributed by atoms with Crippen molar-refractivity contribution in [2.45, 2.75) is 42.8 Å². The number of fused-ring (bicyclic) bond motifs is 1. The highest BCUT2D eigenvalue weighted by atomic mass is 79.9. The number of halogens is 1. The molecule has 1 spiro atoms. The fourth-order valence-electron chi connectivity index (χ4n) is 7.31. The van der Waals surface area contributed by atoms with E-state index in [0.29, 0.717) is 17.8 Å². The molecule has 3 unspecified atom stereocenters. The quantitative estimate of drug-likeness (QED) is 0.257. The summed E-state index contributed by atoms with van der Waals surface area (Å²) in [4.78, 5) is 49.9. The molecule has 3 saturated heterocycles. The number of likely N-dealkylation sites (tertiary alicyclic amines) is 1. The Morgan fingerprint density at radius 1 is 0.977 bits per heavy atom. The second kappa shape index (κ2) is 13.3. The molecule has 3 fully saturated rings. The van der Waals surface area contributed by atoms with Crippen LogP contribution in [0.5, 0.6) is 0 Å². The van der Waals surface area contributed by atoms with Gasteiger partial charge in [-0.25, -0.2) is 0 Å². The fourth-order valence-corrected chi connectivity index (χ4v) is 8.25. The van der Waals surface area contributed by atoms with Gasteiger partial charge in [-0.2, -0.15) is 0 Å². The maximum atomic E-state index is 14.7. The summed E-state index contributed by atoms with van der Waals surface area (Å²) >= 11 is 3.74. The van der Waals surface area contributed by atoms with Crippen LogP contribution in [0.2, 0.25) is 0 Å². The minimum atomic E-state index is -1.24. The van der Waals surface area contributed by atoms with Crippen LogP contribution in [0, 0.1) is 11.8 Å². The van der Waals surface area contributed by atoms with Crippen LogP contribution in [-0.4, -0.2) is 89.6 Å². The van der Waals surface area contributed by atoms with Crippen molar-refractivity contribution in [1.29, 1.82) is 0 Å². The molecule has 0 radical (unpaired) electrons. The summed E-state index contributed by atoms with van der Waals surface area (Å²) in [6.07, 6.45) is 3.09. The van der Waals surface area contributed by atoms with Crippen LogP contribution in [0.3, 0.4) is 0 Å². The summed E-state index contributed by atoms with van der Waals surface area (Å²) in [5, 5.41) is 10.0. The molecule has 0 aliphatic carbocycles. The van der Waals surface area contributed by atoms with E-state index in [1.54, 1.807) is 22.0 Å². The molecule has 0 saturated carbocycles. The summed E-state index contributed by atoms with van der Waals surface area (Å²) in [5.41, 5.74) is 1.17. The maximum absolute atomic E-state index is 14.7. The Labute approximate surface area is 267 Å². The zero-order chi connectivity index (χ0) is 31.6. The van der Waals surface area contributed by atoms with Crippen molar-refractivity contribution in [3.05, 3.63) is 79.9 Å². The minimum absolute atomic E-state index is 0.0483. The fraction of sp³-hybridized carbons (Fsp3) is 0.441. The molecule has 1 N–H and O–H groups in total. The van der Waals surface area contributed by atoms with Gasteiger partial charge < -0.3 is 29.4 Å². The molecule has 0 aromatic heterocycles.